The van der Waals surface area contributed by atoms with E-state index in [0.29, 0.717) is 30.1 Å². The van der Waals surface area contributed by atoms with Crippen LogP contribution in [0.1, 0.15) is 15.9 Å². The molecule has 0 saturated carbocycles. The van der Waals surface area contributed by atoms with Gasteiger partial charge < -0.3 is 28.8 Å². The van der Waals surface area contributed by atoms with E-state index in [1.165, 1.54) is 14.2 Å². The fourth-order valence-electron chi connectivity index (χ4n) is 2.69. The smallest absolute Gasteiger partial charge is 0.335 e. The fourth-order valence-corrected chi connectivity index (χ4v) is 3.31. The summed E-state index contributed by atoms with van der Waals surface area (Å²) in [5.74, 6) is 0.0424. The van der Waals surface area contributed by atoms with E-state index in [9.17, 15) is 9.90 Å². The van der Waals surface area contributed by atoms with Crippen LogP contribution >= 0.6 is 15.9 Å². The molecule has 2 aromatic carbocycles. The van der Waals surface area contributed by atoms with Gasteiger partial charge >= 0.3 is 5.97 Å². The average molecular weight is 455 g/mol. The largest absolute Gasteiger partial charge is 0.478 e. The average Bonchev–Trinajstić information content (AvgIpc) is 2.70. The predicted octanol–water partition coefficient (Wildman–Crippen LogP) is 3.97. The van der Waals surface area contributed by atoms with Crippen LogP contribution in [0, 0.1) is 0 Å². The van der Waals surface area contributed by atoms with E-state index in [0.717, 1.165) is 15.6 Å². The van der Waals surface area contributed by atoms with Gasteiger partial charge in [0.1, 0.15) is 11.5 Å². The second-order valence-corrected chi connectivity index (χ2v) is 6.56. The second kappa shape index (κ2) is 11.0. The Bertz CT molecular complexity index is 807. The molecule has 2 rings (SSSR count). The number of carboxylic acid groups (broad SMARTS) is 1. The number of ether oxygens (including phenoxy) is 5. The summed E-state index contributed by atoms with van der Waals surface area (Å²) in [6.45, 7) is 0.558. The number of methoxy groups -OCH3 is 3. The zero-order valence-corrected chi connectivity index (χ0v) is 17.6. The Morgan fingerprint density at radius 1 is 1.00 bits per heavy atom. The van der Waals surface area contributed by atoms with Crippen LogP contribution < -0.4 is 9.47 Å². The van der Waals surface area contributed by atoms with Gasteiger partial charge in [0, 0.05) is 33.0 Å². The molecule has 28 heavy (non-hydrogen) atoms. The van der Waals surface area contributed by atoms with Crippen LogP contribution in [-0.4, -0.2) is 52.6 Å². The molecule has 0 aliphatic rings. The third-order valence-electron chi connectivity index (χ3n) is 3.91. The van der Waals surface area contributed by atoms with Crippen LogP contribution in [0.15, 0.2) is 34.8 Å². The van der Waals surface area contributed by atoms with Gasteiger partial charge in [-0.3, -0.25) is 0 Å². The molecule has 7 nitrogen and oxygen atoms in total. The standard InChI is InChI=1S/C20H23BrO7/c1-24-8-7-15-18(13-5-4-6-14(9-13)20(22)23)16(27-11-25-2)10-17(19(15)21)28-12-26-3/h4-6,9-10H,7-8,11-12H2,1-3H3,(H,22,23). The first-order valence-corrected chi connectivity index (χ1v) is 9.24. The van der Waals surface area contributed by atoms with Crippen LogP contribution in [0.5, 0.6) is 11.5 Å². The zero-order chi connectivity index (χ0) is 20.5. The molecular formula is C20H23BrO7. The van der Waals surface area contributed by atoms with Gasteiger partial charge in [-0.2, -0.15) is 0 Å². The van der Waals surface area contributed by atoms with Gasteiger partial charge in [-0.15, -0.1) is 0 Å². The molecular weight excluding hydrogens is 432 g/mol. The number of hydrogen-bond donors (Lipinski definition) is 1. The Balaban J connectivity index is 2.69. The van der Waals surface area contributed by atoms with Crippen LogP contribution in [0.3, 0.4) is 0 Å². The lowest BCUT2D eigenvalue weighted by molar-refractivity contribution is 0.0458. The van der Waals surface area contributed by atoms with Gasteiger partial charge in [0.15, 0.2) is 13.6 Å². The van der Waals surface area contributed by atoms with Gasteiger partial charge in [-0.25, -0.2) is 4.79 Å². The summed E-state index contributed by atoms with van der Waals surface area (Å²) in [5.41, 5.74) is 2.50. The van der Waals surface area contributed by atoms with E-state index in [2.05, 4.69) is 15.9 Å². The quantitative estimate of drug-likeness (QED) is 0.514. The summed E-state index contributed by atoms with van der Waals surface area (Å²) in [5, 5.41) is 9.36. The third-order valence-corrected chi connectivity index (χ3v) is 4.78. The van der Waals surface area contributed by atoms with Gasteiger partial charge in [0.25, 0.3) is 0 Å². The Kier molecular flexibility index (Phi) is 8.72. The predicted molar refractivity (Wildman–Crippen MR) is 107 cm³/mol. The molecule has 0 heterocycles. The van der Waals surface area contributed by atoms with Gasteiger partial charge in [-0.1, -0.05) is 12.1 Å². The van der Waals surface area contributed by atoms with Crippen LogP contribution in [0.25, 0.3) is 11.1 Å². The van der Waals surface area contributed by atoms with E-state index in [-0.39, 0.29) is 19.1 Å². The first-order chi connectivity index (χ1) is 13.5. The molecule has 152 valence electrons. The van der Waals surface area contributed by atoms with Crippen molar-refractivity contribution < 1.29 is 33.6 Å². The van der Waals surface area contributed by atoms with Gasteiger partial charge in [-0.05, 0) is 45.6 Å². The number of carbonyl (C=O) groups is 1. The maximum atomic E-state index is 11.4. The minimum atomic E-state index is -1.00. The molecule has 0 amide bonds. The SMILES string of the molecule is COCCc1c(Br)c(OCOC)cc(OCOC)c1-c1cccc(C(=O)O)c1. The highest BCUT2D eigenvalue weighted by molar-refractivity contribution is 9.10. The van der Waals surface area contributed by atoms with Gasteiger partial charge in [0.2, 0.25) is 0 Å². The summed E-state index contributed by atoms with van der Waals surface area (Å²) in [6.07, 6.45) is 0.553. The van der Waals surface area contributed by atoms with Crippen LogP contribution in [0.2, 0.25) is 0 Å². The molecule has 0 radical (unpaired) electrons. The lowest BCUT2D eigenvalue weighted by atomic mass is 9.95. The summed E-state index contributed by atoms with van der Waals surface area (Å²) in [4.78, 5) is 11.4. The monoisotopic (exact) mass is 454 g/mol. The molecule has 0 aliphatic heterocycles. The van der Waals surface area contributed by atoms with Crippen molar-refractivity contribution in [3.8, 4) is 22.6 Å². The second-order valence-electron chi connectivity index (χ2n) is 5.77. The summed E-state index contributed by atoms with van der Waals surface area (Å²) >= 11 is 3.60. The normalized spacial score (nSPS) is 10.7. The lowest BCUT2D eigenvalue weighted by Crippen LogP contribution is -2.08. The molecule has 0 spiro atoms. The maximum absolute atomic E-state index is 11.4. The van der Waals surface area contributed by atoms with Crippen molar-refractivity contribution in [1.82, 2.24) is 0 Å². The molecule has 0 saturated heterocycles. The summed E-state index contributed by atoms with van der Waals surface area (Å²) < 4.78 is 27.5. The number of halogens is 1. The Morgan fingerprint density at radius 3 is 2.29 bits per heavy atom. The van der Waals surface area contributed by atoms with Crippen molar-refractivity contribution in [1.29, 1.82) is 0 Å². The van der Waals surface area contributed by atoms with Crippen LogP contribution in [-0.2, 0) is 20.6 Å². The molecule has 0 fully saturated rings. The number of rotatable bonds is 11. The fraction of sp³-hybridized carbons (Fsp3) is 0.350. The maximum Gasteiger partial charge on any atom is 0.335 e. The Hall–Kier alpha value is -2.13. The highest BCUT2D eigenvalue weighted by Gasteiger charge is 2.21. The van der Waals surface area contributed by atoms with Crippen molar-refractivity contribution in [3.05, 3.63) is 45.9 Å². The lowest BCUT2D eigenvalue weighted by Gasteiger charge is -2.20. The minimum Gasteiger partial charge on any atom is -0.478 e. The van der Waals surface area contributed by atoms with E-state index >= 15 is 0 Å². The molecule has 0 aromatic heterocycles. The molecule has 0 atom stereocenters. The van der Waals surface area contributed by atoms with E-state index in [1.807, 2.05) is 6.07 Å². The summed E-state index contributed by atoms with van der Waals surface area (Å²) in [6, 6.07) is 8.40. The van der Waals surface area contributed by atoms with Gasteiger partial charge in [0.05, 0.1) is 16.6 Å². The van der Waals surface area contributed by atoms with Crippen LogP contribution in [0.4, 0.5) is 0 Å². The number of carboxylic acids is 1. The van der Waals surface area contributed by atoms with E-state index in [1.54, 1.807) is 31.4 Å². The Morgan fingerprint density at radius 2 is 1.68 bits per heavy atom. The van der Waals surface area contributed by atoms with E-state index < -0.39 is 5.97 Å². The molecule has 0 bridgehead atoms. The van der Waals surface area contributed by atoms with Crippen molar-refractivity contribution in [2.24, 2.45) is 0 Å². The number of benzene rings is 2. The third kappa shape index (κ3) is 5.45. The van der Waals surface area contributed by atoms with Crippen molar-refractivity contribution in [3.63, 3.8) is 0 Å². The summed E-state index contributed by atoms with van der Waals surface area (Å²) in [7, 11) is 4.68. The van der Waals surface area contributed by atoms with Crippen molar-refractivity contribution >= 4 is 21.9 Å². The minimum absolute atomic E-state index is 0.0285. The Labute approximate surface area is 172 Å². The molecule has 0 unspecified atom stereocenters. The first kappa shape index (κ1) is 22.2. The number of hydrogen-bond acceptors (Lipinski definition) is 6. The highest BCUT2D eigenvalue weighted by Crippen LogP contribution is 2.44. The topological polar surface area (TPSA) is 83.5 Å². The molecule has 0 aliphatic carbocycles. The molecule has 1 N–H and O–H groups in total. The highest BCUT2D eigenvalue weighted by atomic mass is 79.9. The van der Waals surface area contributed by atoms with Crippen molar-refractivity contribution in [2.75, 3.05) is 41.5 Å². The zero-order valence-electron chi connectivity index (χ0n) is 16.0. The number of aromatic carboxylic acids is 1. The molecule has 2 aromatic rings. The first-order valence-electron chi connectivity index (χ1n) is 8.45. The molecule has 8 heteroatoms. The van der Waals surface area contributed by atoms with E-state index in [4.69, 9.17) is 23.7 Å². The van der Waals surface area contributed by atoms with Crippen molar-refractivity contribution in [2.45, 2.75) is 6.42 Å².